The minimum absolute atomic E-state index is 0.480. The first kappa shape index (κ1) is 38.0. The molecule has 1 nitrogen and oxygen atoms in total. The van der Waals surface area contributed by atoms with Crippen LogP contribution in [0.5, 0.6) is 0 Å². The summed E-state index contributed by atoms with van der Waals surface area (Å²) in [6, 6.07) is 38.5. The number of allylic oxidation sites excluding steroid dienone is 19. The molecule has 1 heteroatoms. The number of aromatic nitrogens is 1. The molecule has 0 fully saturated rings. The van der Waals surface area contributed by atoms with E-state index in [-0.39, 0.29) is 0 Å². The monoisotopic (exact) mass is 761 g/mol. The van der Waals surface area contributed by atoms with Crippen molar-refractivity contribution < 1.29 is 0 Å². The zero-order valence-electron chi connectivity index (χ0n) is 34.5. The van der Waals surface area contributed by atoms with Crippen molar-refractivity contribution in [3.05, 3.63) is 251 Å². The lowest BCUT2D eigenvalue weighted by Gasteiger charge is -2.37. The van der Waals surface area contributed by atoms with Gasteiger partial charge in [-0.05, 0) is 147 Å². The Morgan fingerprint density at radius 2 is 1.53 bits per heavy atom. The summed E-state index contributed by atoms with van der Waals surface area (Å²) in [4.78, 5) is 5.10. The maximum Gasteiger partial charge on any atom is 0.0883 e. The van der Waals surface area contributed by atoms with Crippen LogP contribution in [0, 0.1) is 0 Å². The molecular formula is C58H51N. The molecule has 4 aromatic carbocycles. The van der Waals surface area contributed by atoms with Crippen LogP contribution < -0.4 is 0 Å². The first-order valence-corrected chi connectivity index (χ1v) is 21.3. The summed E-state index contributed by atoms with van der Waals surface area (Å²) in [7, 11) is 0. The summed E-state index contributed by atoms with van der Waals surface area (Å²) >= 11 is 0. The molecule has 0 aliphatic heterocycles. The molecule has 0 radical (unpaired) electrons. The van der Waals surface area contributed by atoms with Gasteiger partial charge in [0.05, 0.1) is 16.5 Å². The lowest BCUT2D eigenvalue weighted by atomic mass is 9.64. The number of hydrogen-bond acceptors (Lipinski definition) is 1. The van der Waals surface area contributed by atoms with Crippen LogP contribution in [-0.2, 0) is 10.8 Å². The minimum Gasteiger partial charge on any atom is -0.260 e. The van der Waals surface area contributed by atoms with Crippen molar-refractivity contribution in [2.75, 3.05) is 0 Å². The second-order valence-electron chi connectivity index (χ2n) is 15.7. The van der Waals surface area contributed by atoms with Crippen LogP contribution >= 0.6 is 0 Å². The van der Waals surface area contributed by atoms with E-state index in [9.17, 15) is 0 Å². The van der Waals surface area contributed by atoms with Gasteiger partial charge in [0.1, 0.15) is 0 Å². The molecule has 5 aromatic rings. The minimum atomic E-state index is -0.549. The van der Waals surface area contributed by atoms with Gasteiger partial charge in [0.15, 0.2) is 0 Å². The zero-order valence-corrected chi connectivity index (χ0v) is 34.5. The Bertz CT molecular complexity index is 2750. The molecule has 2 atom stereocenters. The number of nitrogens with zero attached hydrogens (tertiary/aromatic N) is 1. The van der Waals surface area contributed by atoms with E-state index in [1.54, 1.807) is 0 Å². The summed E-state index contributed by atoms with van der Waals surface area (Å²) in [5.74, 6) is 0. The van der Waals surface area contributed by atoms with Gasteiger partial charge in [-0.25, -0.2) is 0 Å². The molecule has 1 aromatic heterocycles. The van der Waals surface area contributed by atoms with Crippen molar-refractivity contribution in [2.24, 2.45) is 0 Å². The summed E-state index contributed by atoms with van der Waals surface area (Å²) in [5.41, 5.74) is 18.8. The van der Waals surface area contributed by atoms with Gasteiger partial charge in [-0.1, -0.05) is 177 Å². The van der Waals surface area contributed by atoms with E-state index in [2.05, 4.69) is 209 Å². The highest BCUT2D eigenvalue weighted by atomic mass is 14.7. The van der Waals surface area contributed by atoms with E-state index < -0.39 is 10.8 Å². The maximum atomic E-state index is 5.10. The second kappa shape index (κ2) is 16.0. The SMILES string of the molecule is C=CC1=C(/C=C\C)c2ccc(-c3cccc(-c4cccc5c4-c4ccccc4C5(C4=CCC=CC=C4)c4ccccn4)c3)cc2C1(C1=CCCC=C1)C(/C=C\CC)=C/C. The first-order valence-electron chi connectivity index (χ1n) is 21.3. The van der Waals surface area contributed by atoms with E-state index in [1.165, 1.54) is 83.5 Å². The van der Waals surface area contributed by atoms with Crippen molar-refractivity contribution in [1.82, 2.24) is 4.98 Å². The second-order valence-corrected chi connectivity index (χ2v) is 15.7. The van der Waals surface area contributed by atoms with E-state index >= 15 is 0 Å². The number of hydrogen-bond donors (Lipinski definition) is 0. The molecule has 0 saturated heterocycles. The molecule has 2 unspecified atom stereocenters. The van der Waals surface area contributed by atoms with Crippen molar-refractivity contribution in [1.29, 1.82) is 0 Å². The molecule has 4 aliphatic carbocycles. The molecule has 4 aliphatic rings. The third kappa shape index (κ3) is 5.94. The van der Waals surface area contributed by atoms with Crippen LogP contribution in [0.1, 0.15) is 74.4 Å². The third-order valence-electron chi connectivity index (χ3n) is 12.7. The molecule has 0 spiro atoms. The standard InChI is InChI=1S/C58H51N/c1-5-9-26-44(7-3)57(45-27-15-12-16-28-45)51(8-4)48(23-6-2)49-37-36-42(40-54(49)57)41-24-21-25-43(39-41)47-32-22-34-53-56(47)50-31-17-18-33-52(50)58(53,55-35-19-20-38-59-55)46-29-13-10-11-14-30-46/h6-11,13,15,17-40H,4-5,12,14,16H2,1-3H3/b23-6-,26-9-,44-7+. The Morgan fingerprint density at radius 1 is 0.712 bits per heavy atom. The fraction of sp³-hybridized carbons (Fsp3) is 0.155. The molecule has 0 bridgehead atoms. The van der Waals surface area contributed by atoms with Gasteiger partial charge in [-0.15, -0.1) is 0 Å². The first-order chi connectivity index (χ1) is 29.1. The largest absolute Gasteiger partial charge is 0.260 e. The molecule has 288 valence electrons. The highest BCUT2D eigenvalue weighted by molar-refractivity contribution is 5.97. The number of pyridine rings is 1. The van der Waals surface area contributed by atoms with Crippen LogP contribution in [0.3, 0.4) is 0 Å². The third-order valence-corrected chi connectivity index (χ3v) is 12.7. The highest BCUT2D eigenvalue weighted by Gasteiger charge is 2.49. The Hall–Kier alpha value is -6.57. The van der Waals surface area contributed by atoms with E-state index in [1.807, 2.05) is 12.3 Å². The molecule has 59 heavy (non-hydrogen) atoms. The molecule has 0 amide bonds. The molecular weight excluding hydrogens is 711 g/mol. The highest BCUT2D eigenvalue weighted by Crippen LogP contribution is 2.60. The van der Waals surface area contributed by atoms with Gasteiger partial charge in [0.25, 0.3) is 0 Å². The van der Waals surface area contributed by atoms with Crippen molar-refractivity contribution in [3.8, 4) is 33.4 Å². The van der Waals surface area contributed by atoms with E-state index in [4.69, 9.17) is 4.98 Å². The van der Waals surface area contributed by atoms with Crippen molar-refractivity contribution in [2.45, 2.75) is 57.3 Å². The van der Waals surface area contributed by atoms with Crippen LogP contribution in [0.2, 0.25) is 0 Å². The smallest absolute Gasteiger partial charge is 0.0883 e. The average molecular weight is 762 g/mol. The molecule has 0 N–H and O–H groups in total. The Kier molecular flexibility index (Phi) is 10.3. The summed E-state index contributed by atoms with van der Waals surface area (Å²) < 4.78 is 0. The Labute approximate surface area is 351 Å². The Morgan fingerprint density at radius 3 is 2.32 bits per heavy atom. The van der Waals surface area contributed by atoms with Crippen molar-refractivity contribution >= 4 is 5.57 Å². The lowest BCUT2D eigenvalue weighted by molar-refractivity contribution is 0.730. The average Bonchev–Trinajstić information content (AvgIpc) is 3.57. The van der Waals surface area contributed by atoms with Crippen molar-refractivity contribution in [3.63, 3.8) is 0 Å². The lowest BCUT2D eigenvalue weighted by Crippen LogP contribution is -2.31. The summed E-state index contributed by atoms with van der Waals surface area (Å²) in [6.07, 6.45) is 37.8. The number of benzene rings is 4. The van der Waals surface area contributed by atoms with Crippen LogP contribution in [0.25, 0.3) is 39.0 Å². The van der Waals surface area contributed by atoms with E-state index in [0.29, 0.717) is 0 Å². The number of rotatable bonds is 10. The predicted molar refractivity (Wildman–Crippen MR) is 251 cm³/mol. The maximum absolute atomic E-state index is 5.10. The van der Waals surface area contributed by atoms with Crippen LogP contribution in [-0.4, -0.2) is 4.98 Å². The molecule has 1 heterocycles. The van der Waals surface area contributed by atoms with Crippen LogP contribution in [0.15, 0.2) is 223 Å². The topological polar surface area (TPSA) is 12.9 Å². The quantitative estimate of drug-likeness (QED) is 0.129. The molecule has 0 saturated carbocycles. The Balaban J connectivity index is 1.25. The number of fused-ring (bicyclic) bond motifs is 4. The zero-order chi connectivity index (χ0) is 40.4. The fourth-order valence-electron chi connectivity index (χ4n) is 10.3. The van der Waals surface area contributed by atoms with Gasteiger partial charge in [-0.3, -0.25) is 4.98 Å². The summed E-state index contributed by atoms with van der Waals surface area (Å²) in [6.45, 7) is 11.0. The van der Waals surface area contributed by atoms with Gasteiger partial charge < -0.3 is 0 Å². The van der Waals surface area contributed by atoms with E-state index in [0.717, 1.165) is 31.4 Å². The summed E-state index contributed by atoms with van der Waals surface area (Å²) in [5, 5.41) is 0. The normalized spacial score (nSPS) is 20.8. The van der Waals surface area contributed by atoms with Gasteiger partial charge in [0.2, 0.25) is 0 Å². The fourth-order valence-corrected chi connectivity index (χ4v) is 10.3. The van der Waals surface area contributed by atoms with Gasteiger partial charge in [-0.2, -0.15) is 0 Å². The van der Waals surface area contributed by atoms with Gasteiger partial charge >= 0.3 is 0 Å². The predicted octanol–water partition coefficient (Wildman–Crippen LogP) is 15.1. The molecule has 9 rings (SSSR count). The van der Waals surface area contributed by atoms with Crippen LogP contribution in [0.4, 0.5) is 0 Å². The van der Waals surface area contributed by atoms with Gasteiger partial charge in [0, 0.05) is 6.20 Å².